The first-order valence-electron chi connectivity index (χ1n) is 7.65. The third-order valence-electron chi connectivity index (χ3n) is 3.81. The van der Waals surface area contributed by atoms with Crippen LogP contribution >= 0.6 is 0 Å². The zero-order valence-electron chi connectivity index (χ0n) is 13.0. The number of piperazine rings is 1. The first-order valence-corrected chi connectivity index (χ1v) is 7.65. The number of carbonyl (C=O) groups is 1. The molecule has 0 saturated carbocycles. The van der Waals surface area contributed by atoms with Crippen molar-refractivity contribution < 1.29 is 9.53 Å². The third-order valence-corrected chi connectivity index (χ3v) is 3.81. The van der Waals surface area contributed by atoms with Gasteiger partial charge in [-0.3, -0.25) is 4.90 Å². The summed E-state index contributed by atoms with van der Waals surface area (Å²) in [7, 11) is 1.62. The second-order valence-electron chi connectivity index (χ2n) is 5.34. The van der Waals surface area contributed by atoms with Crippen LogP contribution in [-0.4, -0.2) is 55.7 Å². The molecule has 0 atom stereocenters. The van der Waals surface area contributed by atoms with Crippen molar-refractivity contribution in [1.29, 1.82) is 0 Å². The van der Waals surface area contributed by atoms with E-state index in [1.807, 2.05) is 29.2 Å². The maximum atomic E-state index is 12.2. The van der Waals surface area contributed by atoms with Gasteiger partial charge in [0.25, 0.3) is 0 Å². The monoisotopic (exact) mass is 291 g/mol. The number of hydrogen-bond donors (Lipinski definition) is 1. The molecule has 116 valence electrons. The van der Waals surface area contributed by atoms with Gasteiger partial charge in [0.2, 0.25) is 0 Å². The normalized spacial score (nSPS) is 15.8. The first kappa shape index (κ1) is 15.6. The molecule has 0 radical (unpaired) electrons. The highest BCUT2D eigenvalue weighted by Crippen LogP contribution is 2.17. The van der Waals surface area contributed by atoms with Gasteiger partial charge in [0, 0.05) is 37.9 Å². The lowest BCUT2D eigenvalue weighted by Crippen LogP contribution is -2.50. The van der Waals surface area contributed by atoms with Crippen LogP contribution in [-0.2, 0) is 0 Å². The molecule has 1 aromatic carbocycles. The Morgan fingerprint density at radius 1 is 1.29 bits per heavy atom. The van der Waals surface area contributed by atoms with Crippen LogP contribution in [0.1, 0.15) is 19.8 Å². The molecule has 0 spiro atoms. The Kier molecular flexibility index (Phi) is 5.87. The fourth-order valence-corrected chi connectivity index (χ4v) is 2.46. The first-order chi connectivity index (χ1) is 10.2. The van der Waals surface area contributed by atoms with E-state index < -0.39 is 0 Å². The average molecular weight is 291 g/mol. The summed E-state index contributed by atoms with van der Waals surface area (Å²) in [6.45, 7) is 6.86. The number of amides is 2. The van der Waals surface area contributed by atoms with Crippen molar-refractivity contribution >= 4 is 11.7 Å². The van der Waals surface area contributed by atoms with E-state index >= 15 is 0 Å². The fraction of sp³-hybridized carbons (Fsp3) is 0.562. The number of nitrogens with one attached hydrogen (secondary N) is 1. The minimum Gasteiger partial charge on any atom is -0.497 e. The highest BCUT2D eigenvalue weighted by Gasteiger charge is 2.20. The molecule has 5 heteroatoms. The van der Waals surface area contributed by atoms with Crippen molar-refractivity contribution in [3.05, 3.63) is 24.3 Å². The molecule has 1 heterocycles. The van der Waals surface area contributed by atoms with E-state index in [2.05, 4.69) is 17.1 Å². The van der Waals surface area contributed by atoms with E-state index in [0.717, 1.165) is 44.2 Å². The molecule has 1 saturated heterocycles. The van der Waals surface area contributed by atoms with Crippen LogP contribution in [0, 0.1) is 0 Å². The number of carbonyl (C=O) groups excluding carboxylic acids is 1. The molecule has 0 bridgehead atoms. The number of methoxy groups -OCH3 is 1. The lowest BCUT2D eigenvalue weighted by Gasteiger charge is -2.34. The van der Waals surface area contributed by atoms with E-state index in [-0.39, 0.29) is 6.03 Å². The van der Waals surface area contributed by atoms with Crippen molar-refractivity contribution in [2.45, 2.75) is 19.8 Å². The second-order valence-corrected chi connectivity index (χ2v) is 5.34. The summed E-state index contributed by atoms with van der Waals surface area (Å²) in [6.07, 6.45) is 2.45. The molecular formula is C16H25N3O2. The van der Waals surface area contributed by atoms with Gasteiger partial charge in [-0.05, 0) is 25.1 Å². The third kappa shape index (κ3) is 4.63. The molecule has 1 fully saturated rings. The molecule has 0 aromatic heterocycles. The van der Waals surface area contributed by atoms with Gasteiger partial charge in [0.05, 0.1) is 7.11 Å². The number of hydrogen-bond acceptors (Lipinski definition) is 3. The Morgan fingerprint density at radius 2 is 2.05 bits per heavy atom. The van der Waals surface area contributed by atoms with Gasteiger partial charge in [-0.25, -0.2) is 4.79 Å². The fourth-order valence-electron chi connectivity index (χ4n) is 2.46. The van der Waals surface area contributed by atoms with Gasteiger partial charge in [0.15, 0.2) is 0 Å². The number of unbranched alkanes of at least 4 members (excludes halogenated alkanes) is 1. The van der Waals surface area contributed by atoms with Gasteiger partial charge in [-0.2, -0.15) is 0 Å². The molecule has 1 N–H and O–H groups in total. The molecule has 5 nitrogen and oxygen atoms in total. The summed E-state index contributed by atoms with van der Waals surface area (Å²) in [5.74, 6) is 0.747. The summed E-state index contributed by atoms with van der Waals surface area (Å²) in [5.41, 5.74) is 0.771. The van der Waals surface area contributed by atoms with Gasteiger partial charge in [-0.15, -0.1) is 0 Å². The number of ether oxygens (including phenoxy) is 1. The maximum Gasteiger partial charge on any atom is 0.321 e. The molecule has 1 aromatic rings. The SMILES string of the molecule is CCCCN1CCN(C(=O)Nc2cccc(OC)c2)CC1. The number of nitrogens with zero attached hydrogens (tertiary/aromatic N) is 2. The zero-order valence-corrected chi connectivity index (χ0v) is 13.0. The van der Waals surface area contributed by atoms with Gasteiger partial charge in [0.1, 0.15) is 5.75 Å². The molecular weight excluding hydrogens is 266 g/mol. The van der Waals surface area contributed by atoms with Crippen molar-refractivity contribution in [2.24, 2.45) is 0 Å². The topological polar surface area (TPSA) is 44.8 Å². The van der Waals surface area contributed by atoms with Crippen LogP contribution < -0.4 is 10.1 Å². The minimum absolute atomic E-state index is 0.0293. The van der Waals surface area contributed by atoms with Gasteiger partial charge >= 0.3 is 6.03 Å². The zero-order chi connectivity index (χ0) is 15.1. The standard InChI is InChI=1S/C16H25N3O2/c1-3-4-8-18-9-11-19(12-10-18)16(20)17-14-6-5-7-15(13-14)21-2/h5-7,13H,3-4,8-12H2,1-2H3,(H,17,20). The molecule has 1 aliphatic rings. The van der Waals surface area contributed by atoms with E-state index in [1.165, 1.54) is 12.8 Å². The largest absolute Gasteiger partial charge is 0.497 e. The van der Waals surface area contributed by atoms with Crippen molar-refractivity contribution in [1.82, 2.24) is 9.80 Å². The predicted molar refractivity (Wildman–Crippen MR) is 84.9 cm³/mol. The van der Waals surface area contributed by atoms with E-state index in [1.54, 1.807) is 7.11 Å². The summed E-state index contributed by atoms with van der Waals surface area (Å²) in [4.78, 5) is 16.5. The van der Waals surface area contributed by atoms with Gasteiger partial charge in [-0.1, -0.05) is 19.4 Å². The molecule has 0 unspecified atom stereocenters. The summed E-state index contributed by atoms with van der Waals surface area (Å²) in [5, 5.41) is 2.93. The van der Waals surface area contributed by atoms with Crippen molar-refractivity contribution in [3.8, 4) is 5.75 Å². The van der Waals surface area contributed by atoms with Crippen molar-refractivity contribution in [2.75, 3.05) is 45.2 Å². The lowest BCUT2D eigenvalue weighted by atomic mass is 10.2. The Balaban J connectivity index is 1.81. The second kappa shape index (κ2) is 7.88. The van der Waals surface area contributed by atoms with Crippen LogP contribution in [0.2, 0.25) is 0 Å². The number of anilines is 1. The minimum atomic E-state index is -0.0293. The summed E-state index contributed by atoms with van der Waals surface area (Å²) >= 11 is 0. The molecule has 2 amide bonds. The smallest absolute Gasteiger partial charge is 0.321 e. The van der Waals surface area contributed by atoms with Crippen LogP contribution in [0.4, 0.5) is 10.5 Å². The average Bonchev–Trinajstić information content (AvgIpc) is 2.53. The highest BCUT2D eigenvalue weighted by molar-refractivity contribution is 5.89. The van der Waals surface area contributed by atoms with Crippen LogP contribution in [0.15, 0.2) is 24.3 Å². The summed E-state index contributed by atoms with van der Waals surface area (Å²) in [6, 6.07) is 7.41. The number of urea groups is 1. The van der Waals surface area contributed by atoms with Crippen LogP contribution in [0.3, 0.4) is 0 Å². The Morgan fingerprint density at radius 3 is 2.71 bits per heavy atom. The summed E-state index contributed by atoms with van der Waals surface area (Å²) < 4.78 is 5.16. The quantitative estimate of drug-likeness (QED) is 0.907. The number of benzene rings is 1. The van der Waals surface area contributed by atoms with E-state index in [9.17, 15) is 4.79 Å². The van der Waals surface area contributed by atoms with E-state index in [0.29, 0.717) is 0 Å². The molecule has 21 heavy (non-hydrogen) atoms. The highest BCUT2D eigenvalue weighted by atomic mass is 16.5. The van der Waals surface area contributed by atoms with E-state index in [4.69, 9.17) is 4.74 Å². The van der Waals surface area contributed by atoms with Crippen molar-refractivity contribution in [3.63, 3.8) is 0 Å². The van der Waals surface area contributed by atoms with Crippen LogP contribution in [0.5, 0.6) is 5.75 Å². The number of rotatable bonds is 5. The molecule has 2 rings (SSSR count). The molecule has 1 aliphatic heterocycles. The maximum absolute atomic E-state index is 12.2. The Labute approximate surface area is 126 Å². The Hall–Kier alpha value is -1.75. The molecule has 0 aliphatic carbocycles. The Bertz CT molecular complexity index is 457. The van der Waals surface area contributed by atoms with Gasteiger partial charge < -0.3 is 15.0 Å². The lowest BCUT2D eigenvalue weighted by molar-refractivity contribution is 0.146. The predicted octanol–water partition coefficient (Wildman–Crippen LogP) is 2.64. The van der Waals surface area contributed by atoms with Crippen LogP contribution in [0.25, 0.3) is 0 Å².